The van der Waals surface area contributed by atoms with Crippen LogP contribution in [-0.4, -0.2) is 98.6 Å². The zero-order valence-electron chi connectivity index (χ0n) is 20.9. The number of benzene rings is 1. The molecular weight excluding hydrogens is 448 g/mol. The zero-order chi connectivity index (χ0) is 25.0. The average Bonchev–Trinajstić information content (AvgIpc) is 3.16. The average molecular weight is 485 g/mol. The maximum absolute atomic E-state index is 13.0. The van der Waals surface area contributed by atoms with Crippen LogP contribution in [0.1, 0.15) is 19.8 Å². The summed E-state index contributed by atoms with van der Waals surface area (Å²) in [6.45, 7) is 6.00. The van der Waals surface area contributed by atoms with Gasteiger partial charge in [-0.05, 0) is 49.2 Å². The van der Waals surface area contributed by atoms with E-state index in [1.807, 2.05) is 48.2 Å². The standard InChI is InChI=1S/C25H36N6O4/c1-4-12-26-25(33)31(17-18-34-2)19-24(32)30-14-5-13-29(15-16-30)23-11-10-22(27-28-23)20-6-8-21(35-3)9-7-20/h6-11H,4-5,12-19H2,1-3H3,(H,26,33). The Morgan fingerprint density at radius 1 is 1.03 bits per heavy atom. The van der Waals surface area contributed by atoms with Crippen LogP contribution in [0.2, 0.25) is 0 Å². The first-order valence-electron chi connectivity index (χ1n) is 12.1. The predicted molar refractivity (Wildman–Crippen MR) is 135 cm³/mol. The molecule has 1 aliphatic rings. The summed E-state index contributed by atoms with van der Waals surface area (Å²) in [7, 11) is 3.22. The maximum Gasteiger partial charge on any atom is 0.317 e. The van der Waals surface area contributed by atoms with Crippen molar-refractivity contribution in [2.45, 2.75) is 19.8 Å². The van der Waals surface area contributed by atoms with E-state index in [-0.39, 0.29) is 18.5 Å². The number of amides is 3. The first-order valence-corrected chi connectivity index (χ1v) is 12.1. The molecule has 0 bridgehead atoms. The number of hydrogen-bond donors (Lipinski definition) is 1. The van der Waals surface area contributed by atoms with Gasteiger partial charge in [-0.15, -0.1) is 10.2 Å². The van der Waals surface area contributed by atoms with Gasteiger partial charge in [0, 0.05) is 51.9 Å². The van der Waals surface area contributed by atoms with Gasteiger partial charge in [-0.1, -0.05) is 6.92 Å². The SMILES string of the molecule is CCCNC(=O)N(CCOC)CC(=O)N1CCCN(c2ccc(-c3ccc(OC)cc3)nn2)CC1. The molecule has 10 heteroatoms. The Labute approximate surface area is 207 Å². The van der Waals surface area contributed by atoms with E-state index in [2.05, 4.69) is 20.4 Å². The number of nitrogens with zero attached hydrogens (tertiary/aromatic N) is 5. The number of hydrogen-bond acceptors (Lipinski definition) is 7. The van der Waals surface area contributed by atoms with Gasteiger partial charge in [0.15, 0.2) is 5.82 Å². The molecule has 190 valence electrons. The highest BCUT2D eigenvalue weighted by Crippen LogP contribution is 2.22. The van der Waals surface area contributed by atoms with Gasteiger partial charge in [-0.3, -0.25) is 4.79 Å². The van der Waals surface area contributed by atoms with Crippen molar-refractivity contribution in [2.24, 2.45) is 0 Å². The third-order valence-corrected chi connectivity index (χ3v) is 5.91. The lowest BCUT2D eigenvalue weighted by Crippen LogP contribution is -2.48. The monoisotopic (exact) mass is 484 g/mol. The molecule has 0 radical (unpaired) electrons. The molecule has 35 heavy (non-hydrogen) atoms. The lowest BCUT2D eigenvalue weighted by molar-refractivity contribution is -0.131. The summed E-state index contributed by atoms with van der Waals surface area (Å²) in [4.78, 5) is 30.9. The fraction of sp³-hybridized carbons (Fsp3) is 0.520. The number of rotatable bonds is 10. The number of methoxy groups -OCH3 is 2. The molecule has 10 nitrogen and oxygen atoms in total. The molecule has 0 aliphatic carbocycles. The van der Waals surface area contributed by atoms with E-state index in [0.717, 1.165) is 42.2 Å². The van der Waals surface area contributed by atoms with Crippen LogP contribution < -0.4 is 15.0 Å². The molecule has 0 atom stereocenters. The van der Waals surface area contributed by atoms with Gasteiger partial charge in [-0.25, -0.2) is 4.79 Å². The van der Waals surface area contributed by atoms with E-state index in [1.165, 1.54) is 4.90 Å². The molecule has 0 unspecified atom stereocenters. The summed E-state index contributed by atoms with van der Waals surface area (Å²) < 4.78 is 10.3. The third-order valence-electron chi connectivity index (χ3n) is 5.91. The van der Waals surface area contributed by atoms with Crippen LogP contribution in [0.3, 0.4) is 0 Å². The minimum absolute atomic E-state index is 0.0370. The van der Waals surface area contributed by atoms with E-state index in [4.69, 9.17) is 9.47 Å². The van der Waals surface area contributed by atoms with Crippen LogP contribution in [0.15, 0.2) is 36.4 Å². The third kappa shape index (κ3) is 7.54. The Balaban J connectivity index is 1.57. The summed E-state index contributed by atoms with van der Waals surface area (Å²) in [5.41, 5.74) is 1.76. The molecule has 1 fully saturated rings. The van der Waals surface area contributed by atoms with Crippen molar-refractivity contribution in [1.29, 1.82) is 0 Å². The molecule has 2 aromatic rings. The molecule has 1 N–H and O–H groups in total. The summed E-state index contributed by atoms with van der Waals surface area (Å²) in [5, 5.41) is 11.7. The molecule has 3 amide bonds. The first kappa shape index (κ1) is 26.2. The zero-order valence-corrected chi connectivity index (χ0v) is 20.9. The van der Waals surface area contributed by atoms with Crippen molar-refractivity contribution in [2.75, 3.05) is 71.5 Å². The van der Waals surface area contributed by atoms with Gasteiger partial charge < -0.3 is 29.5 Å². The van der Waals surface area contributed by atoms with Gasteiger partial charge >= 0.3 is 6.03 Å². The van der Waals surface area contributed by atoms with Gasteiger partial charge in [0.2, 0.25) is 5.91 Å². The lowest BCUT2D eigenvalue weighted by Gasteiger charge is -2.27. The molecule has 1 aromatic carbocycles. The summed E-state index contributed by atoms with van der Waals surface area (Å²) in [6.07, 6.45) is 1.65. The van der Waals surface area contributed by atoms with Crippen molar-refractivity contribution in [3.8, 4) is 17.0 Å². The predicted octanol–water partition coefficient (Wildman–Crippen LogP) is 2.26. The Morgan fingerprint density at radius 2 is 1.83 bits per heavy atom. The van der Waals surface area contributed by atoms with Crippen LogP contribution in [0.4, 0.5) is 10.6 Å². The molecule has 1 saturated heterocycles. The molecular formula is C25H36N6O4. The minimum Gasteiger partial charge on any atom is -0.497 e. The van der Waals surface area contributed by atoms with Crippen molar-refractivity contribution in [1.82, 2.24) is 25.3 Å². The van der Waals surface area contributed by atoms with Gasteiger partial charge in [0.1, 0.15) is 12.3 Å². The van der Waals surface area contributed by atoms with Crippen LogP contribution in [-0.2, 0) is 9.53 Å². The van der Waals surface area contributed by atoms with Gasteiger partial charge in [0.25, 0.3) is 0 Å². The number of aromatic nitrogens is 2. The normalized spacial score (nSPS) is 13.8. The molecule has 2 heterocycles. The van der Waals surface area contributed by atoms with Crippen LogP contribution in [0.25, 0.3) is 11.3 Å². The molecule has 0 spiro atoms. The van der Waals surface area contributed by atoms with Crippen molar-refractivity contribution in [3.63, 3.8) is 0 Å². The fourth-order valence-electron chi connectivity index (χ4n) is 3.87. The van der Waals surface area contributed by atoms with E-state index >= 15 is 0 Å². The smallest absolute Gasteiger partial charge is 0.317 e. The highest BCUT2D eigenvalue weighted by Gasteiger charge is 2.24. The largest absolute Gasteiger partial charge is 0.497 e. The molecule has 3 rings (SSSR count). The number of nitrogens with one attached hydrogen (secondary N) is 1. The number of carbonyl (C=O) groups excluding carboxylic acids is 2. The molecule has 1 aromatic heterocycles. The Morgan fingerprint density at radius 3 is 2.49 bits per heavy atom. The van der Waals surface area contributed by atoms with Gasteiger partial charge in [0.05, 0.1) is 19.4 Å². The lowest BCUT2D eigenvalue weighted by atomic mass is 10.1. The number of ether oxygens (including phenoxy) is 2. The second-order valence-corrected chi connectivity index (χ2v) is 8.37. The van der Waals surface area contributed by atoms with Crippen LogP contribution in [0.5, 0.6) is 5.75 Å². The van der Waals surface area contributed by atoms with E-state index in [1.54, 1.807) is 14.2 Å². The molecule has 0 saturated carbocycles. The topological polar surface area (TPSA) is 100 Å². The summed E-state index contributed by atoms with van der Waals surface area (Å²) in [6, 6.07) is 11.4. The van der Waals surface area contributed by atoms with Crippen molar-refractivity contribution < 1.29 is 19.1 Å². The van der Waals surface area contributed by atoms with Crippen LogP contribution >= 0.6 is 0 Å². The Bertz CT molecular complexity index is 938. The van der Waals surface area contributed by atoms with E-state index in [0.29, 0.717) is 39.3 Å². The quantitative estimate of drug-likeness (QED) is 0.552. The van der Waals surface area contributed by atoms with Crippen molar-refractivity contribution >= 4 is 17.8 Å². The van der Waals surface area contributed by atoms with E-state index < -0.39 is 0 Å². The Hall–Kier alpha value is -3.40. The minimum atomic E-state index is -0.235. The van der Waals surface area contributed by atoms with Crippen molar-refractivity contribution in [3.05, 3.63) is 36.4 Å². The second kappa shape index (κ2) is 13.5. The fourth-order valence-corrected chi connectivity index (χ4v) is 3.87. The number of urea groups is 1. The van der Waals surface area contributed by atoms with Gasteiger partial charge in [-0.2, -0.15) is 0 Å². The maximum atomic E-state index is 13.0. The summed E-state index contributed by atoms with van der Waals surface area (Å²) >= 11 is 0. The van der Waals surface area contributed by atoms with Crippen LogP contribution in [0, 0.1) is 0 Å². The Kier molecular flexibility index (Phi) is 10.1. The first-order chi connectivity index (χ1) is 17.0. The summed E-state index contributed by atoms with van der Waals surface area (Å²) in [5.74, 6) is 1.53. The highest BCUT2D eigenvalue weighted by atomic mass is 16.5. The highest BCUT2D eigenvalue weighted by molar-refractivity contribution is 5.84. The number of carbonyl (C=O) groups is 2. The number of anilines is 1. The molecule has 1 aliphatic heterocycles. The second-order valence-electron chi connectivity index (χ2n) is 8.37. The van der Waals surface area contributed by atoms with E-state index in [9.17, 15) is 9.59 Å².